The summed E-state index contributed by atoms with van der Waals surface area (Å²) in [5, 5.41) is 5.25. The minimum Gasteiger partial charge on any atom is -0.310 e. The molecule has 0 amide bonds. The third-order valence-electron chi connectivity index (χ3n) is 4.62. The first-order chi connectivity index (χ1) is 9.57. The minimum absolute atomic E-state index is 0.273. The van der Waals surface area contributed by atoms with E-state index in [1.807, 2.05) is 12.1 Å². The van der Waals surface area contributed by atoms with Gasteiger partial charge in [-0.05, 0) is 62.9 Å². The van der Waals surface area contributed by atoms with E-state index < -0.39 is 0 Å². The molecule has 3 rings (SSSR count). The standard InChI is InChI=1S/C16H22Cl2N2/c1-16(13-4-5-13)11-20(8-2-7-19-16)10-12-3-6-14(17)9-15(12)18/h3,6,9,13,19H,2,4-5,7-8,10-11H2,1H3. The minimum atomic E-state index is 0.273. The molecular formula is C16H22Cl2N2. The summed E-state index contributed by atoms with van der Waals surface area (Å²) in [6.07, 6.45) is 3.95. The Morgan fingerprint density at radius 3 is 2.85 bits per heavy atom. The molecule has 1 aliphatic carbocycles. The molecule has 1 aliphatic heterocycles. The smallest absolute Gasteiger partial charge is 0.0465 e. The van der Waals surface area contributed by atoms with Crippen molar-refractivity contribution < 1.29 is 0 Å². The van der Waals surface area contributed by atoms with Gasteiger partial charge in [-0.25, -0.2) is 0 Å². The van der Waals surface area contributed by atoms with Gasteiger partial charge >= 0.3 is 0 Å². The van der Waals surface area contributed by atoms with E-state index in [1.165, 1.54) is 24.8 Å². The second-order valence-corrected chi connectivity index (χ2v) is 7.26. The van der Waals surface area contributed by atoms with Crippen molar-refractivity contribution in [2.45, 2.75) is 38.3 Å². The second-order valence-electron chi connectivity index (χ2n) is 6.42. The first kappa shape index (κ1) is 14.6. The molecule has 1 aromatic rings. The maximum Gasteiger partial charge on any atom is 0.0465 e. The number of nitrogens with zero attached hydrogens (tertiary/aromatic N) is 1. The predicted octanol–water partition coefficient (Wildman–Crippen LogP) is 3.96. The summed E-state index contributed by atoms with van der Waals surface area (Å²) in [7, 11) is 0. The van der Waals surface area contributed by atoms with Crippen molar-refractivity contribution in [2.75, 3.05) is 19.6 Å². The average molecular weight is 313 g/mol. The zero-order valence-electron chi connectivity index (χ0n) is 12.0. The van der Waals surface area contributed by atoms with Crippen LogP contribution in [0.5, 0.6) is 0 Å². The molecule has 1 heterocycles. The number of halogens is 2. The van der Waals surface area contributed by atoms with Gasteiger partial charge in [0, 0.05) is 28.7 Å². The number of benzene rings is 1. The lowest BCUT2D eigenvalue weighted by Gasteiger charge is -2.34. The lowest BCUT2D eigenvalue weighted by Crippen LogP contribution is -2.50. The first-order valence-corrected chi connectivity index (χ1v) is 8.24. The van der Waals surface area contributed by atoms with Crippen LogP contribution in [0.3, 0.4) is 0 Å². The SMILES string of the molecule is CC1(C2CC2)CN(Cc2ccc(Cl)cc2Cl)CCCN1. The van der Waals surface area contributed by atoms with Crippen molar-refractivity contribution in [1.29, 1.82) is 0 Å². The van der Waals surface area contributed by atoms with Crippen molar-refractivity contribution in [3.05, 3.63) is 33.8 Å². The van der Waals surface area contributed by atoms with E-state index in [1.54, 1.807) is 0 Å². The highest BCUT2D eigenvalue weighted by atomic mass is 35.5. The number of hydrogen-bond donors (Lipinski definition) is 1. The molecule has 0 aromatic heterocycles. The van der Waals surface area contributed by atoms with E-state index >= 15 is 0 Å². The maximum atomic E-state index is 6.31. The molecule has 0 bridgehead atoms. The van der Waals surface area contributed by atoms with Gasteiger partial charge in [0.15, 0.2) is 0 Å². The molecule has 2 fully saturated rings. The highest BCUT2D eigenvalue weighted by Crippen LogP contribution is 2.40. The Morgan fingerprint density at radius 2 is 2.15 bits per heavy atom. The molecule has 1 saturated carbocycles. The Labute approximate surface area is 131 Å². The number of hydrogen-bond acceptors (Lipinski definition) is 2. The van der Waals surface area contributed by atoms with E-state index in [9.17, 15) is 0 Å². The Hall–Kier alpha value is -0.280. The predicted molar refractivity (Wildman–Crippen MR) is 85.5 cm³/mol. The quantitative estimate of drug-likeness (QED) is 0.909. The second kappa shape index (κ2) is 5.84. The molecule has 110 valence electrons. The van der Waals surface area contributed by atoms with Gasteiger partial charge in [-0.2, -0.15) is 0 Å². The van der Waals surface area contributed by atoms with Gasteiger partial charge in [-0.3, -0.25) is 4.90 Å². The molecule has 1 unspecified atom stereocenters. The van der Waals surface area contributed by atoms with Gasteiger partial charge in [-0.1, -0.05) is 29.3 Å². The van der Waals surface area contributed by atoms with Crippen molar-refractivity contribution in [3.8, 4) is 0 Å². The van der Waals surface area contributed by atoms with Crippen LogP contribution in [0.4, 0.5) is 0 Å². The van der Waals surface area contributed by atoms with Crippen molar-refractivity contribution in [2.24, 2.45) is 5.92 Å². The Bertz CT molecular complexity index is 487. The third kappa shape index (κ3) is 3.30. The molecule has 1 atom stereocenters. The summed E-state index contributed by atoms with van der Waals surface area (Å²) < 4.78 is 0. The van der Waals surface area contributed by atoms with Gasteiger partial charge in [-0.15, -0.1) is 0 Å². The average Bonchev–Trinajstić information content (AvgIpc) is 3.21. The van der Waals surface area contributed by atoms with E-state index in [0.29, 0.717) is 5.02 Å². The van der Waals surface area contributed by atoms with Gasteiger partial charge in [0.25, 0.3) is 0 Å². The van der Waals surface area contributed by atoms with Crippen LogP contribution in [0.15, 0.2) is 18.2 Å². The fourth-order valence-electron chi connectivity index (χ4n) is 3.30. The summed E-state index contributed by atoms with van der Waals surface area (Å²) in [6, 6.07) is 5.82. The van der Waals surface area contributed by atoms with Gasteiger partial charge < -0.3 is 5.32 Å². The molecule has 0 spiro atoms. The molecule has 1 saturated heterocycles. The zero-order valence-corrected chi connectivity index (χ0v) is 13.5. The van der Waals surface area contributed by atoms with Crippen molar-refractivity contribution in [3.63, 3.8) is 0 Å². The largest absolute Gasteiger partial charge is 0.310 e. The molecule has 4 heteroatoms. The van der Waals surface area contributed by atoms with E-state index in [2.05, 4.69) is 23.2 Å². The Kier molecular flexibility index (Phi) is 4.28. The fraction of sp³-hybridized carbons (Fsp3) is 0.625. The van der Waals surface area contributed by atoms with Gasteiger partial charge in [0.2, 0.25) is 0 Å². The summed E-state index contributed by atoms with van der Waals surface area (Å²) in [5.74, 6) is 0.851. The highest BCUT2D eigenvalue weighted by Gasteiger charge is 2.42. The molecule has 0 radical (unpaired) electrons. The topological polar surface area (TPSA) is 15.3 Å². The molecule has 1 aromatic carbocycles. The van der Waals surface area contributed by atoms with Crippen LogP contribution in [0.25, 0.3) is 0 Å². The molecule has 20 heavy (non-hydrogen) atoms. The monoisotopic (exact) mass is 312 g/mol. The third-order valence-corrected chi connectivity index (χ3v) is 5.21. The summed E-state index contributed by atoms with van der Waals surface area (Å²) in [5.41, 5.74) is 1.45. The zero-order chi connectivity index (χ0) is 14.2. The van der Waals surface area contributed by atoms with E-state index in [-0.39, 0.29) is 5.54 Å². The van der Waals surface area contributed by atoms with Crippen LogP contribution < -0.4 is 5.32 Å². The Balaban J connectivity index is 1.72. The van der Waals surface area contributed by atoms with Crippen molar-refractivity contribution in [1.82, 2.24) is 10.2 Å². The first-order valence-electron chi connectivity index (χ1n) is 7.48. The summed E-state index contributed by atoms with van der Waals surface area (Å²) in [4.78, 5) is 2.54. The highest BCUT2D eigenvalue weighted by molar-refractivity contribution is 6.35. The van der Waals surface area contributed by atoms with Crippen LogP contribution in [0.1, 0.15) is 31.7 Å². The fourth-order valence-corrected chi connectivity index (χ4v) is 3.76. The maximum absolute atomic E-state index is 6.31. The van der Waals surface area contributed by atoms with Gasteiger partial charge in [0.05, 0.1) is 0 Å². The number of nitrogens with one attached hydrogen (secondary N) is 1. The van der Waals surface area contributed by atoms with Crippen LogP contribution in [0, 0.1) is 5.92 Å². The normalized spacial score (nSPS) is 28.4. The lowest BCUT2D eigenvalue weighted by molar-refractivity contribution is 0.195. The van der Waals surface area contributed by atoms with Crippen molar-refractivity contribution >= 4 is 23.2 Å². The van der Waals surface area contributed by atoms with Crippen LogP contribution in [0.2, 0.25) is 10.0 Å². The van der Waals surface area contributed by atoms with Crippen LogP contribution in [-0.4, -0.2) is 30.1 Å². The Morgan fingerprint density at radius 1 is 1.35 bits per heavy atom. The van der Waals surface area contributed by atoms with Crippen LogP contribution in [-0.2, 0) is 6.54 Å². The molecular weight excluding hydrogens is 291 g/mol. The molecule has 2 aliphatic rings. The van der Waals surface area contributed by atoms with Crippen LogP contribution >= 0.6 is 23.2 Å². The number of rotatable bonds is 3. The lowest BCUT2D eigenvalue weighted by atomic mass is 9.95. The van der Waals surface area contributed by atoms with E-state index in [0.717, 1.165) is 37.1 Å². The summed E-state index contributed by atoms with van der Waals surface area (Å²) in [6.45, 7) is 6.66. The van der Waals surface area contributed by atoms with E-state index in [4.69, 9.17) is 23.2 Å². The van der Waals surface area contributed by atoms with Gasteiger partial charge in [0.1, 0.15) is 0 Å². The molecule has 2 nitrogen and oxygen atoms in total. The molecule has 1 N–H and O–H groups in total. The summed E-state index contributed by atoms with van der Waals surface area (Å²) >= 11 is 12.3.